The van der Waals surface area contributed by atoms with E-state index in [-0.39, 0.29) is 24.3 Å². The second kappa shape index (κ2) is 7.57. The van der Waals surface area contributed by atoms with Crippen molar-refractivity contribution in [2.75, 3.05) is 25.4 Å². The third kappa shape index (κ3) is 3.89. The first-order chi connectivity index (χ1) is 10.5. The van der Waals surface area contributed by atoms with E-state index in [4.69, 9.17) is 0 Å². The summed E-state index contributed by atoms with van der Waals surface area (Å²) in [7, 11) is -3.16. The van der Waals surface area contributed by atoms with Gasteiger partial charge in [0.15, 0.2) is 9.84 Å². The van der Waals surface area contributed by atoms with Gasteiger partial charge in [-0.1, -0.05) is 26.0 Å². The van der Waals surface area contributed by atoms with Crippen molar-refractivity contribution in [3.05, 3.63) is 29.8 Å². The lowest BCUT2D eigenvalue weighted by Gasteiger charge is -2.32. The maximum absolute atomic E-state index is 12.1. The molecule has 0 bridgehead atoms. The van der Waals surface area contributed by atoms with Gasteiger partial charge in [-0.05, 0) is 56.0 Å². The van der Waals surface area contributed by atoms with Gasteiger partial charge < -0.3 is 5.11 Å². The van der Waals surface area contributed by atoms with E-state index in [9.17, 15) is 13.5 Å². The molecule has 1 aliphatic rings. The standard InChI is InChI=1S/C17H27NO3S/c1-3-12-22(20,21)16-8-6-15(7-9-16)17(14(2)13-19)18-10-4-5-11-18/h6-9,14,17,19H,3-5,10-13H2,1-2H3. The third-order valence-corrected chi connectivity index (χ3v) is 6.35. The highest BCUT2D eigenvalue weighted by Gasteiger charge is 2.28. The van der Waals surface area contributed by atoms with Crippen LogP contribution in [-0.4, -0.2) is 43.9 Å². The van der Waals surface area contributed by atoms with Crippen molar-refractivity contribution in [2.24, 2.45) is 5.92 Å². The van der Waals surface area contributed by atoms with Crippen molar-refractivity contribution in [3.8, 4) is 0 Å². The number of hydrogen-bond donors (Lipinski definition) is 1. The van der Waals surface area contributed by atoms with Crippen LogP contribution in [0.15, 0.2) is 29.2 Å². The highest BCUT2D eigenvalue weighted by atomic mass is 32.2. The molecule has 22 heavy (non-hydrogen) atoms. The number of aliphatic hydroxyl groups excluding tert-OH is 1. The molecule has 124 valence electrons. The van der Waals surface area contributed by atoms with E-state index in [0.29, 0.717) is 11.3 Å². The van der Waals surface area contributed by atoms with Crippen LogP contribution in [-0.2, 0) is 9.84 Å². The number of hydrogen-bond acceptors (Lipinski definition) is 4. The monoisotopic (exact) mass is 325 g/mol. The molecule has 0 aromatic heterocycles. The van der Waals surface area contributed by atoms with E-state index >= 15 is 0 Å². The largest absolute Gasteiger partial charge is 0.396 e. The van der Waals surface area contributed by atoms with Crippen molar-refractivity contribution in [1.82, 2.24) is 4.90 Å². The average Bonchev–Trinajstić information content (AvgIpc) is 3.02. The number of likely N-dealkylation sites (tertiary alicyclic amines) is 1. The normalized spacial score (nSPS) is 19.2. The maximum atomic E-state index is 12.1. The Morgan fingerprint density at radius 3 is 2.27 bits per heavy atom. The van der Waals surface area contributed by atoms with Crippen molar-refractivity contribution in [3.63, 3.8) is 0 Å². The zero-order valence-electron chi connectivity index (χ0n) is 13.5. The summed E-state index contributed by atoms with van der Waals surface area (Å²) in [5, 5.41) is 9.56. The molecular weight excluding hydrogens is 298 g/mol. The average molecular weight is 325 g/mol. The zero-order valence-corrected chi connectivity index (χ0v) is 14.3. The van der Waals surface area contributed by atoms with E-state index in [2.05, 4.69) is 4.90 Å². The molecule has 1 saturated heterocycles. The van der Waals surface area contributed by atoms with Gasteiger partial charge in [-0.25, -0.2) is 8.42 Å². The Morgan fingerprint density at radius 2 is 1.77 bits per heavy atom. The molecular formula is C17H27NO3S. The fourth-order valence-electron chi connectivity index (χ4n) is 3.28. The highest BCUT2D eigenvalue weighted by molar-refractivity contribution is 7.91. The van der Waals surface area contributed by atoms with Crippen LogP contribution in [0.4, 0.5) is 0 Å². The van der Waals surface area contributed by atoms with Crippen LogP contribution in [0.3, 0.4) is 0 Å². The molecule has 0 spiro atoms. The van der Waals surface area contributed by atoms with E-state index in [1.165, 1.54) is 12.8 Å². The maximum Gasteiger partial charge on any atom is 0.178 e. The zero-order chi connectivity index (χ0) is 16.2. The lowest BCUT2D eigenvalue weighted by atomic mass is 9.94. The molecule has 4 nitrogen and oxygen atoms in total. The first-order valence-corrected chi connectivity index (χ1v) is 9.82. The first-order valence-electron chi connectivity index (χ1n) is 8.17. The second-order valence-corrected chi connectivity index (χ2v) is 8.34. The van der Waals surface area contributed by atoms with Crippen molar-refractivity contribution in [2.45, 2.75) is 44.0 Å². The quantitative estimate of drug-likeness (QED) is 0.837. The van der Waals surface area contributed by atoms with Gasteiger partial charge in [0.1, 0.15) is 0 Å². The number of nitrogens with zero attached hydrogens (tertiary/aromatic N) is 1. The van der Waals surface area contributed by atoms with Gasteiger partial charge in [0.25, 0.3) is 0 Å². The molecule has 0 saturated carbocycles. The number of sulfone groups is 1. The molecule has 1 fully saturated rings. The summed E-state index contributed by atoms with van der Waals surface area (Å²) >= 11 is 0. The molecule has 1 aromatic carbocycles. The Morgan fingerprint density at radius 1 is 1.18 bits per heavy atom. The predicted octanol–water partition coefficient (Wildman–Crippen LogP) is 2.64. The van der Waals surface area contributed by atoms with Crippen LogP contribution in [0, 0.1) is 5.92 Å². The molecule has 2 rings (SSSR count). The minimum absolute atomic E-state index is 0.135. The molecule has 5 heteroatoms. The summed E-state index contributed by atoms with van der Waals surface area (Å²) in [6.07, 6.45) is 3.01. The second-order valence-electron chi connectivity index (χ2n) is 6.24. The molecule has 1 aliphatic heterocycles. The van der Waals surface area contributed by atoms with Crippen molar-refractivity contribution < 1.29 is 13.5 Å². The number of rotatable bonds is 7. The van der Waals surface area contributed by atoms with E-state index < -0.39 is 9.84 Å². The molecule has 1 N–H and O–H groups in total. The Hall–Kier alpha value is -0.910. The number of aliphatic hydroxyl groups is 1. The van der Waals surface area contributed by atoms with Crippen LogP contribution in [0.1, 0.15) is 44.7 Å². The molecule has 1 heterocycles. The Kier molecular flexibility index (Phi) is 6.01. The van der Waals surface area contributed by atoms with E-state index in [0.717, 1.165) is 18.7 Å². The summed E-state index contributed by atoms with van der Waals surface area (Å²) in [5.41, 5.74) is 1.10. The Bertz CT molecular complexity index is 562. The van der Waals surface area contributed by atoms with E-state index in [1.54, 1.807) is 12.1 Å². The molecule has 0 radical (unpaired) electrons. The van der Waals surface area contributed by atoms with E-state index in [1.807, 2.05) is 26.0 Å². The predicted molar refractivity (Wildman–Crippen MR) is 88.6 cm³/mol. The van der Waals surface area contributed by atoms with Gasteiger partial charge in [0.2, 0.25) is 0 Å². The lowest BCUT2D eigenvalue weighted by molar-refractivity contribution is 0.126. The fourth-order valence-corrected chi connectivity index (χ4v) is 4.60. The van der Waals surface area contributed by atoms with Crippen LogP contribution in [0.2, 0.25) is 0 Å². The van der Waals surface area contributed by atoms with Gasteiger partial charge in [-0.3, -0.25) is 4.90 Å². The summed E-state index contributed by atoms with van der Waals surface area (Å²) in [5.74, 6) is 0.325. The first kappa shape index (κ1) is 17.4. The smallest absolute Gasteiger partial charge is 0.178 e. The summed E-state index contributed by atoms with van der Waals surface area (Å²) < 4.78 is 24.2. The topological polar surface area (TPSA) is 57.6 Å². The molecule has 1 aromatic rings. The SMILES string of the molecule is CCCS(=O)(=O)c1ccc(C(C(C)CO)N2CCCC2)cc1. The lowest BCUT2D eigenvalue weighted by Crippen LogP contribution is -2.32. The Labute approximate surface area is 134 Å². The summed E-state index contributed by atoms with van der Waals surface area (Å²) in [4.78, 5) is 2.80. The minimum Gasteiger partial charge on any atom is -0.396 e. The summed E-state index contributed by atoms with van der Waals surface area (Å²) in [6, 6.07) is 7.42. The van der Waals surface area contributed by atoms with Crippen LogP contribution < -0.4 is 0 Å². The highest BCUT2D eigenvalue weighted by Crippen LogP contribution is 2.32. The minimum atomic E-state index is -3.16. The van der Waals surface area contributed by atoms with Gasteiger partial charge in [-0.15, -0.1) is 0 Å². The molecule has 2 unspecified atom stereocenters. The van der Waals surface area contributed by atoms with Crippen molar-refractivity contribution >= 4 is 9.84 Å². The van der Waals surface area contributed by atoms with Gasteiger partial charge in [0, 0.05) is 12.6 Å². The molecule has 2 atom stereocenters. The van der Waals surface area contributed by atoms with Crippen molar-refractivity contribution in [1.29, 1.82) is 0 Å². The van der Waals surface area contributed by atoms with Crippen LogP contribution in [0.25, 0.3) is 0 Å². The number of benzene rings is 1. The fraction of sp³-hybridized carbons (Fsp3) is 0.647. The van der Waals surface area contributed by atoms with Gasteiger partial charge in [0.05, 0.1) is 10.6 Å². The van der Waals surface area contributed by atoms with Crippen LogP contribution >= 0.6 is 0 Å². The third-order valence-electron chi connectivity index (χ3n) is 4.41. The summed E-state index contributed by atoms with van der Waals surface area (Å²) in [6.45, 7) is 6.15. The Balaban J connectivity index is 2.26. The van der Waals surface area contributed by atoms with Crippen LogP contribution in [0.5, 0.6) is 0 Å². The molecule has 0 amide bonds. The van der Waals surface area contributed by atoms with Gasteiger partial charge >= 0.3 is 0 Å². The molecule has 0 aliphatic carbocycles. The van der Waals surface area contributed by atoms with Gasteiger partial charge in [-0.2, -0.15) is 0 Å².